The Morgan fingerprint density at radius 2 is 2.16 bits per heavy atom. The Labute approximate surface area is 188 Å². The largest absolute Gasteiger partial charge is 0.478 e. The molecule has 2 aromatic heterocycles. The van der Waals surface area contributed by atoms with Crippen LogP contribution in [0.25, 0.3) is 0 Å². The number of anilines is 1. The summed E-state index contributed by atoms with van der Waals surface area (Å²) < 4.78 is 14.6. The Balaban J connectivity index is 1.52. The first kappa shape index (κ1) is 21.2. The number of hydrazine groups is 1. The van der Waals surface area contributed by atoms with Gasteiger partial charge < -0.3 is 10.4 Å². The molecule has 2 heterocycles. The Morgan fingerprint density at radius 3 is 2.94 bits per heavy atom. The molecule has 0 fully saturated rings. The highest BCUT2D eigenvalue weighted by molar-refractivity contribution is 7.80. The summed E-state index contributed by atoms with van der Waals surface area (Å²) in [6, 6.07) is 2.98. The number of aromatic nitrogens is 2. The van der Waals surface area contributed by atoms with E-state index in [4.69, 9.17) is 28.9 Å². The fraction of sp³-hybridized carbons (Fsp3) is 0.238. The molecule has 2 unspecified atom stereocenters. The molecule has 31 heavy (non-hydrogen) atoms. The molecule has 0 aromatic carbocycles. The predicted octanol–water partition coefficient (Wildman–Crippen LogP) is 4.11. The summed E-state index contributed by atoms with van der Waals surface area (Å²) >= 11 is 11.5. The first-order valence-electron chi connectivity index (χ1n) is 9.63. The van der Waals surface area contributed by atoms with Crippen LogP contribution < -0.4 is 16.2 Å². The van der Waals surface area contributed by atoms with Gasteiger partial charge in [0, 0.05) is 24.5 Å². The molecule has 0 radical (unpaired) electrons. The summed E-state index contributed by atoms with van der Waals surface area (Å²) in [7, 11) is 0. The van der Waals surface area contributed by atoms with Crippen molar-refractivity contribution in [2.75, 3.05) is 5.43 Å². The number of carbonyl (C=O) groups is 1. The molecular formula is C21H19ClFN5O2S. The van der Waals surface area contributed by atoms with E-state index in [1.54, 1.807) is 12.4 Å². The Kier molecular flexibility index (Phi) is 6.15. The third-order valence-electron chi connectivity index (χ3n) is 5.43. The molecule has 4 N–H and O–H groups in total. The number of hydrogen-bond acceptors (Lipinski definition) is 5. The van der Waals surface area contributed by atoms with Crippen molar-refractivity contribution in [1.29, 1.82) is 0 Å². The monoisotopic (exact) mass is 459 g/mol. The van der Waals surface area contributed by atoms with Gasteiger partial charge in [-0.3, -0.25) is 15.8 Å². The average molecular weight is 460 g/mol. The minimum atomic E-state index is -1.12. The number of fused-ring (bicyclic) bond motifs is 2. The van der Waals surface area contributed by atoms with Crippen molar-refractivity contribution in [1.82, 2.24) is 20.7 Å². The molecule has 0 bridgehead atoms. The molecule has 160 valence electrons. The molecule has 0 amide bonds. The minimum absolute atomic E-state index is 0.0227. The fourth-order valence-electron chi connectivity index (χ4n) is 3.93. The van der Waals surface area contributed by atoms with E-state index < -0.39 is 5.97 Å². The van der Waals surface area contributed by atoms with Crippen LogP contribution in [0.2, 0.25) is 5.02 Å². The molecule has 2 atom stereocenters. The fourth-order valence-corrected chi connectivity index (χ4v) is 4.33. The number of pyridine rings is 2. The van der Waals surface area contributed by atoms with Crippen molar-refractivity contribution >= 4 is 40.7 Å². The molecule has 2 aliphatic rings. The van der Waals surface area contributed by atoms with Gasteiger partial charge in [0.1, 0.15) is 5.83 Å². The van der Waals surface area contributed by atoms with Gasteiger partial charge in [-0.2, -0.15) is 0 Å². The predicted molar refractivity (Wildman–Crippen MR) is 119 cm³/mol. The van der Waals surface area contributed by atoms with Gasteiger partial charge >= 0.3 is 5.97 Å². The van der Waals surface area contributed by atoms with Gasteiger partial charge in [0.25, 0.3) is 0 Å². The van der Waals surface area contributed by atoms with Gasteiger partial charge in [0.2, 0.25) is 0 Å². The molecule has 0 saturated carbocycles. The average Bonchev–Trinajstić information content (AvgIpc) is 2.91. The first-order valence-corrected chi connectivity index (χ1v) is 10.4. The second kappa shape index (κ2) is 8.99. The third-order valence-corrected chi connectivity index (χ3v) is 5.93. The number of thiocarbonyl (C=S) groups is 1. The van der Waals surface area contributed by atoms with Gasteiger partial charge in [0.05, 0.1) is 16.6 Å². The normalized spacial score (nSPS) is 19.7. The second-order valence-electron chi connectivity index (χ2n) is 7.25. The third kappa shape index (κ3) is 4.52. The van der Waals surface area contributed by atoms with Gasteiger partial charge in [-0.15, -0.1) is 0 Å². The highest BCUT2D eigenvalue weighted by Gasteiger charge is 2.34. The van der Waals surface area contributed by atoms with E-state index in [2.05, 4.69) is 26.1 Å². The lowest BCUT2D eigenvalue weighted by molar-refractivity contribution is 0.0696. The number of carboxylic acid groups (broad SMARTS) is 1. The molecule has 0 saturated heterocycles. The maximum absolute atomic E-state index is 14.6. The van der Waals surface area contributed by atoms with Crippen molar-refractivity contribution in [2.24, 2.45) is 5.92 Å². The SMILES string of the molecule is O=C(O)c1cnc(NNC(=S)NC2c3cnccc3CCC3=C(F)C=CCC32)c(Cl)c1. The number of allylic oxidation sites excluding steroid dienone is 3. The summed E-state index contributed by atoms with van der Waals surface area (Å²) in [5.74, 6) is -1.17. The smallest absolute Gasteiger partial charge is 0.337 e. The molecule has 0 spiro atoms. The van der Waals surface area contributed by atoms with Crippen molar-refractivity contribution in [3.8, 4) is 0 Å². The van der Waals surface area contributed by atoms with E-state index in [9.17, 15) is 9.18 Å². The first-order chi connectivity index (χ1) is 14.9. The molecule has 0 aliphatic heterocycles. The zero-order valence-electron chi connectivity index (χ0n) is 16.2. The number of rotatable bonds is 4. The Hall–Kier alpha value is -3.04. The number of carboxylic acids is 1. The van der Waals surface area contributed by atoms with Crippen LogP contribution in [0.1, 0.15) is 40.4 Å². The number of nitrogens with one attached hydrogen (secondary N) is 3. The molecular weight excluding hydrogens is 441 g/mol. The van der Waals surface area contributed by atoms with Crippen LogP contribution in [0.5, 0.6) is 0 Å². The zero-order valence-corrected chi connectivity index (χ0v) is 17.8. The van der Waals surface area contributed by atoms with Crippen LogP contribution in [0.4, 0.5) is 10.2 Å². The quantitative estimate of drug-likeness (QED) is 0.400. The number of halogens is 2. The van der Waals surface area contributed by atoms with Crippen LogP contribution in [0.3, 0.4) is 0 Å². The van der Waals surface area contributed by atoms with E-state index in [1.165, 1.54) is 18.3 Å². The minimum Gasteiger partial charge on any atom is -0.478 e. The standard InChI is InChI=1S/C21H19ClFN5O2S/c22-16-8-12(20(29)30)9-25-19(16)27-28-21(31)26-18-14-2-1-3-17(23)13(14)5-4-11-6-7-24-10-15(11)18/h1,3,6-10,14,18H,2,4-5H2,(H,25,27)(H,29,30)(H2,26,28,31). The van der Waals surface area contributed by atoms with E-state index in [1.807, 2.05) is 12.1 Å². The number of aryl methyl sites for hydroxylation is 1. The topological polar surface area (TPSA) is 99.2 Å². The van der Waals surface area contributed by atoms with Gasteiger partial charge in [0.15, 0.2) is 10.9 Å². The lowest BCUT2D eigenvalue weighted by Gasteiger charge is -2.31. The van der Waals surface area contributed by atoms with Crippen LogP contribution in [-0.2, 0) is 6.42 Å². The maximum atomic E-state index is 14.6. The van der Waals surface area contributed by atoms with E-state index in [0.717, 1.165) is 23.1 Å². The van der Waals surface area contributed by atoms with Crippen LogP contribution in [-0.4, -0.2) is 26.2 Å². The Morgan fingerprint density at radius 1 is 1.32 bits per heavy atom. The second-order valence-corrected chi connectivity index (χ2v) is 8.07. The summed E-state index contributed by atoms with van der Waals surface area (Å²) in [5.41, 5.74) is 8.45. The molecule has 2 aliphatic carbocycles. The van der Waals surface area contributed by atoms with E-state index >= 15 is 0 Å². The summed E-state index contributed by atoms with van der Waals surface area (Å²) in [5, 5.41) is 12.7. The summed E-state index contributed by atoms with van der Waals surface area (Å²) in [6.07, 6.45) is 10.2. The zero-order chi connectivity index (χ0) is 22.0. The molecule has 10 heteroatoms. The van der Waals surface area contributed by atoms with E-state index in [-0.39, 0.29) is 39.3 Å². The number of nitrogens with zero attached hydrogens (tertiary/aromatic N) is 2. The van der Waals surface area contributed by atoms with Crippen molar-refractivity contribution in [3.63, 3.8) is 0 Å². The van der Waals surface area contributed by atoms with Crippen molar-refractivity contribution < 1.29 is 14.3 Å². The highest BCUT2D eigenvalue weighted by Crippen LogP contribution is 2.42. The maximum Gasteiger partial charge on any atom is 0.337 e. The van der Waals surface area contributed by atoms with Gasteiger partial charge in [-0.25, -0.2) is 14.2 Å². The molecule has 2 aromatic rings. The van der Waals surface area contributed by atoms with Crippen molar-refractivity contribution in [2.45, 2.75) is 25.3 Å². The summed E-state index contributed by atoms with van der Waals surface area (Å²) in [4.78, 5) is 19.3. The van der Waals surface area contributed by atoms with Crippen LogP contribution >= 0.6 is 23.8 Å². The molecule has 4 rings (SSSR count). The van der Waals surface area contributed by atoms with E-state index in [0.29, 0.717) is 12.8 Å². The lowest BCUT2D eigenvalue weighted by Crippen LogP contribution is -2.43. The summed E-state index contributed by atoms with van der Waals surface area (Å²) in [6.45, 7) is 0. The van der Waals surface area contributed by atoms with Crippen molar-refractivity contribution in [3.05, 3.63) is 76.0 Å². The highest BCUT2D eigenvalue weighted by atomic mass is 35.5. The Bertz CT molecular complexity index is 1110. The lowest BCUT2D eigenvalue weighted by atomic mass is 9.82. The van der Waals surface area contributed by atoms with Crippen LogP contribution in [0, 0.1) is 5.92 Å². The van der Waals surface area contributed by atoms with Gasteiger partial charge in [-0.1, -0.05) is 17.7 Å². The van der Waals surface area contributed by atoms with Gasteiger partial charge in [-0.05, 0) is 66.4 Å². The number of hydrogen-bond donors (Lipinski definition) is 4. The number of aromatic carboxylic acids is 1. The van der Waals surface area contributed by atoms with Crippen LogP contribution in [0.15, 0.2) is 54.3 Å². The molecule has 7 nitrogen and oxygen atoms in total.